The van der Waals surface area contributed by atoms with E-state index >= 15 is 0 Å². The topological polar surface area (TPSA) is 17.1 Å². The Morgan fingerprint density at radius 3 is 2.52 bits per heavy atom. The van der Waals surface area contributed by atoms with Crippen LogP contribution in [0.5, 0.6) is 0 Å². The number of carbonyl (C=O) groups excluding carboxylic acids is 1. The highest BCUT2D eigenvalue weighted by Gasteiger charge is 2.61. The summed E-state index contributed by atoms with van der Waals surface area (Å²) in [5, 5.41) is 0. The molecule has 4 aliphatic carbocycles. The van der Waals surface area contributed by atoms with Gasteiger partial charge in [-0.2, -0.15) is 0 Å². The van der Waals surface area contributed by atoms with E-state index < -0.39 is 0 Å². The van der Waals surface area contributed by atoms with Crippen molar-refractivity contribution in [3.8, 4) is 0 Å². The Labute approximate surface area is 152 Å². The fourth-order valence-corrected chi connectivity index (χ4v) is 8.41. The van der Waals surface area contributed by atoms with Gasteiger partial charge >= 0.3 is 0 Å². The predicted octanol–water partition coefficient (Wildman–Crippen LogP) is 4.93. The Kier molecular flexibility index (Phi) is 3.07. The third kappa shape index (κ3) is 1.76. The van der Waals surface area contributed by atoms with Crippen LogP contribution in [0.3, 0.4) is 0 Å². The van der Waals surface area contributed by atoms with Crippen molar-refractivity contribution < 1.29 is 4.79 Å². The molecular formula is C18H18I2O. The van der Waals surface area contributed by atoms with Crippen LogP contribution in [-0.2, 0) is 6.42 Å². The maximum absolute atomic E-state index is 13.2. The minimum absolute atomic E-state index is 0.371. The van der Waals surface area contributed by atoms with E-state index in [0.29, 0.717) is 17.6 Å². The summed E-state index contributed by atoms with van der Waals surface area (Å²) in [5.74, 6) is 4.98. The lowest BCUT2D eigenvalue weighted by molar-refractivity contribution is 0.0637. The van der Waals surface area contributed by atoms with Gasteiger partial charge in [0, 0.05) is 18.6 Å². The van der Waals surface area contributed by atoms with E-state index in [9.17, 15) is 4.79 Å². The largest absolute Gasteiger partial charge is 0.294 e. The van der Waals surface area contributed by atoms with Gasteiger partial charge in [-0.05, 0) is 118 Å². The molecule has 110 valence electrons. The van der Waals surface area contributed by atoms with Gasteiger partial charge < -0.3 is 0 Å². The summed E-state index contributed by atoms with van der Waals surface area (Å²) in [6.07, 6.45) is 6.79. The molecule has 0 spiro atoms. The number of ketones is 1. The summed E-state index contributed by atoms with van der Waals surface area (Å²) < 4.78 is 2.52. The van der Waals surface area contributed by atoms with Gasteiger partial charge in [-0.15, -0.1) is 0 Å². The fraction of sp³-hybridized carbons (Fsp3) is 0.611. The van der Waals surface area contributed by atoms with Gasteiger partial charge in [0.25, 0.3) is 0 Å². The molecule has 2 bridgehead atoms. The first-order chi connectivity index (χ1) is 10.1. The first-order valence-corrected chi connectivity index (χ1v) is 10.3. The van der Waals surface area contributed by atoms with E-state index in [-0.39, 0.29) is 0 Å². The second kappa shape index (κ2) is 4.68. The molecule has 0 N–H and O–H groups in total. The summed E-state index contributed by atoms with van der Waals surface area (Å²) in [6, 6.07) is 4.38. The molecule has 1 aromatic rings. The normalized spacial score (nSPS) is 42.9. The lowest BCUT2D eigenvalue weighted by Crippen LogP contribution is -2.41. The summed E-state index contributed by atoms with van der Waals surface area (Å²) in [4.78, 5) is 13.2. The van der Waals surface area contributed by atoms with Crippen LogP contribution in [0.25, 0.3) is 0 Å². The molecular weight excluding hydrogens is 486 g/mol. The molecule has 1 aromatic carbocycles. The summed E-state index contributed by atoms with van der Waals surface area (Å²) in [7, 11) is 0. The average molecular weight is 504 g/mol. The van der Waals surface area contributed by atoms with Crippen LogP contribution in [0.2, 0.25) is 0 Å². The maximum atomic E-state index is 13.2. The number of carbonyl (C=O) groups is 1. The van der Waals surface area contributed by atoms with Crippen molar-refractivity contribution in [2.45, 2.75) is 32.1 Å². The molecule has 3 fully saturated rings. The van der Waals surface area contributed by atoms with E-state index in [0.717, 1.165) is 29.2 Å². The van der Waals surface area contributed by atoms with Crippen molar-refractivity contribution in [3.63, 3.8) is 0 Å². The van der Waals surface area contributed by atoms with Gasteiger partial charge in [0.2, 0.25) is 0 Å². The first kappa shape index (κ1) is 13.8. The summed E-state index contributed by atoms with van der Waals surface area (Å²) in [5.41, 5.74) is 2.43. The Bertz CT molecular complexity index is 653. The Balaban J connectivity index is 1.62. The molecule has 4 aliphatic rings. The number of halogens is 2. The first-order valence-electron chi connectivity index (χ1n) is 8.17. The third-order valence-electron chi connectivity index (χ3n) is 6.91. The lowest BCUT2D eigenvalue weighted by Gasteiger charge is -2.41. The van der Waals surface area contributed by atoms with Gasteiger partial charge in [0.15, 0.2) is 5.78 Å². The van der Waals surface area contributed by atoms with Gasteiger partial charge in [-0.1, -0.05) is 6.42 Å². The van der Waals surface area contributed by atoms with Crippen LogP contribution in [-0.4, -0.2) is 5.78 Å². The number of benzene rings is 1. The van der Waals surface area contributed by atoms with E-state index in [2.05, 4.69) is 57.3 Å². The molecule has 21 heavy (non-hydrogen) atoms. The van der Waals surface area contributed by atoms with Crippen LogP contribution >= 0.6 is 45.2 Å². The van der Waals surface area contributed by atoms with Crippen molar-refractivity contribution in [1.29, 1.82) is 0 Å². The summed E-state index contributed by atoms with van der Waals surface area (Å²) in [6.45, 7) is 0. The van der Waals surface area contributed by atoms with Crippen molar-refractivity contribution in [2.24, 2.45) is 35.5 Å². The van der Waals surface area contributed by atoms with Gasteiger partial charge in [0.05, 0.1) is 0 Å². The molecule has 3 saturated carbocycles. The van der Waals surface area contributed by atoms with Crippen LogP contribution < -0.4 is 0 Å². The summed E-state index contributed by atoms with van der Waals surface area (Å²) >= 11 is 4.79. The lowest BCUT2D eigenvalue weighted by atomic mass is 9.62. The van der Waals surface area contributed by atoms with Crippen LogP contribution in [0.1, 0.15) is 41.6 Å². The molecule has 5 rings (SSSR count). The van der Waals surface area contributed by atoms with Crippen molar-refractivity contribution in [2.75, 3.05) is 0 Å². The van der Waals surface area contributed by atoms with E-state index in [1.807, 2.05) is 0 Å². The fourth-order valence-electron chi connectivity index (χ4n) is 6.35. The Morgan fingerprint density at radius 1 is 0.952 bits per heavy atom. The highest BCUT2D eigenvalue weighted by molar-refractivity contribution is 14.1. The zero-order valence-electron chi connectivity index (χ0n) is 11.8. The van der Waals surface area contributed by atoms with E-state index in [4.69, 9.17) is 0 Å². The smallest absolute Gasteiger partial charge is 0.166 e. The molecule has 6 unspecified atom stereocenters. The zero-order valence-corrected chi connectivity index (χ0v) is 16.1. The minimum atomic E-state index is 0.371. The number of Topliss-reactive ketones (excluding diaryl/α,β-unsaturated/α-hetero) is 1. The quantitative estimate of drug-likeness (QED) is 0.459. The molecule has 0 radical (unpaired) electrons. The van der Waals surface area contributed by atoms with Crippen molar-refractivity contribution in [3.05, 3.63) is 30.4 Å². The second-order valence-corrected chi connectivity index (χ2v) is 9.90. The van der Waals surface area contributed by atoms with Gasteiger partial charge in [-0.25, -0.2) is 0 Å². The third-order valence-corrected chi connectivity index (χ3v) is 8.50. The molecule has 6 atom stereocenters. The second-order valence-electron chi connectivity index (χ2n) is 7.49. The molecule has 0 aliphatic heterocycles. The van der Waals surface area contributed by atoms with Crippen LogP contribution in [0.15, 0.2) is 12.1 Å². The predicted molar refractivity (Wildman–Crippen MR) is 99.3 cm³/mol. The monoisotopic (exact) mass is 504 g/mol. The standard InChI is InChI=1S/C18H18I2O/c19-8-4-15-12(16(20)5-8)7-14-11-6-13(17(14)18(15)21)10-3-1-2-9(10)11/h4-5,9-11,13-14,17H,1-3,6-7H2. The number of hydrogen-bond donors (Lipinski definition) is 0. The van der Waals surface area contributed by atoms with Gasteiger partial charge in [0.1, 0.15) is 0 Å². The minimum Gasteiger partial charge on any atom is -0.294 e. The maximum Gasteiger partial charge on any atom is 0.166 e. The van der Waals surface area contributed by atoms with Crippen molar-refractivity contribution >= 4 is 51.0 Å². The molecule has 0 heterocycles. The number of fused-ring (bicyclic) bond motifs is 9. The molecule has 3 heteroatoms. The van der Waals surface area contributed by atoms with Crippen LogP contribution in [0, 0.1) is 42.6 Å². The van der Waals surface area contributed by atoms with E-state index in [1.54, 1.807) is 0 Å². The number of rotatable bonds is 0. The Morgan fingerprint density at radius 2 is 1.71 bits per heavy atom. The molecule has 0 aromatic heterocycles. The number of hydrogen-bond acceptors (Lipinski definition) is 1. The van der Waals surface area contributed by atoms with E-state index in [1.165, 1.54) is 44.8 Å². The highest BCUT2D eigenvalue weighted by Crippen LogP contribution is 2.65. The average Bonchev–Trinajstić information content (AvgIpc) is 3.10. The Hall–Kier alpha value is 0.350. The van der Waals surface area contributed by atoms with Crippen molar-refractivity contribution in [1.82, 2.24) is 0 Å². The molecule has 0 saturated heterocycles. The SMILES string of the molecule is O=C1c2cc(I)cc(I)c2CC2C3CC(C4CCCC34)C12. The zero-order chi connectivity index (χ0) is 14.3. The highest BCUT2D eigenvalue weighted by atomic mass is 127. The molecule has 1 nitrogen and oxygen atoms in total. The van der Waals surface area contributed by atoms with Crippen LogP contribution in [0.4, 0.5) is 0 Å². The molecule has 0 amide bonds. The van der Waals surface area contributed by atoms with Gasteiger partial charge in [-0.3, -0.25) is 4.79 Å².